The van der Waals surface area contributed by atoms with Gasteiger partial charge in [-0.15, -0.1) is 22.7 Å². The molecule has 0 atom stereocenters. The maximum absolute atomic E-state index is 12.1. The van der Waals surface area contributed by atoms with E-state index in [-0.39, 0.29) is 5.91 Å². The molecule has 0 spiro atoms. The average molecular weight is 280 g/mol. The van der Waals surface area contributed by atoms with E-state index in [0.717, 1.165) is 17.2 Å². The van der Waals surface area contributed by atoms with E-state index in [1.54, 1.807) is 34.6 Å². The summed E-state index contributed by atoms with van der Waals surface area (Å²) in [6, 6.07) is 4.08. The number of anilines is 1. The molecule has 5 heteroatoms. The quantitative estimate of drug-likeness (QED) is 0.860. The van der Waals surface area contributed by atoms with Gasteiger partial charge in [0.05, 0.1) is 5.69 Å². The van der Waals surface area contributed by atoms with Crippen molar-refractivity contribution in [3.8, 4) is 0 Å². The molecule has 0 saturated carbocycles. The lowest BCUT2D eigenvalue weighted by Crippen LogP contribution is -2.26. The maximum Gasteiger partial charge on any atom is 0.228 e. The van der Waals surface area contributed by atoms with E-state index >= 15 is 0 Å². The number of thiazole rings is 1. The number of rotatable bonds is 4. The molecule has 0 aliphatic heterocycles. The largest absolute Gasteiger partial charge is 0.291 e. The molecule has 96 valence electrons. The van der Waals surface area contributed by atoms with Gasteiger partial charge in [-0.05, 0) is 31.7 Å². The van der Waals surface area contributed by atoms with Crippen molar-refractivity contribution >= 4 is 33.7 Å². The normalized spacial score (nSPS) is 10.6. The van der Waals surface area contributed by atoms with Crippen LogP contribution in [0.1, 0.15) is 21.9 Å². The fraction of sp³-hybridized carbons (Fsp3) is 0.385. The van der Waals surface area contributed by atoms with Crippen LogP contribution in [0.5, 0.6) is 0 Å². The molecule has 0 fully saturated rings. The van der Waals surface area contributed by atoms with Crippen molar-refractivity contribution in [3.05, 3.63) is 33.0 Å². The second-order valence-corrected chi connectivity index (χ2v) is 6.38. The van der Waals surface area contributed by atoms with Crippen molar-refractivity contribution in [2.45, 2.75) is 26.7 Å². The Morgan fingerprint density at radius 2 is 2.22 bits per heavy atom. The standard InChI is InChI=1S/C13H16N2OS2/c1-9-10(2)18-13(14-9)15(3)12(16)7-6-11-5-4-8-17-11/h4-5,8H,6-7H2,1-3H3. The van der Waals surface area contributed by atoms with Gasteiger partial charge in [-0.3, -0.25) is 9.69 Å². The highest BCUT2D eigenvalue weighted by atomic mass is 32.1. The number of amides is 1. The van der Waals surface area contributed by atoms with E-state index in [0.29, 0.717) is 6.42 Å². The first-order chi connectivity index (χ1) is 8.58. The van der Waals surface area contributed by atoms with Crippen LogP contribution in [0.15, 0.2) is 17.5 Å². The summed E-state index contributed by atoms with van der Waals surface area (Å²) < 4.78 is 0. The van der Waals surface area contributed by atoms with E-state index in [1.165, 1.54) is 9.75 Å². The van der Waals surface area contributed by atoms with Crippen molar-refractivity contribution in [2.24, 2.45) is 0 Å². The molecule has 0 aromatic carbocycles. The third-order valence-corrected chi connectivity index (χ3v) is 4.93. The number of aryl methyl sites for hydroxylation is 3. The molecular formula is C13H16N2OS2. The van der Waals surface area contributed by atoms with E-state index in [9.17, 15) is 4.79 Å². The summed E-state index contributed by atoms with van der Waals surface area (Å²) in [5.74, 6) is 0.122. The van der Waals surface area contributed by atoms with Gasteiger partial charge in [0.25, 0.3) is 0 Å². The summed E-state index contributed by atoms with van der Waals surface area (Å²) >= 11 is 3.27. The second kappa shape index (κ2) is 5.63. The zero-order chi connectivity index (χ0) is 13.1. The Hall–Kier alpha value is -1.20. The SMILES string of the molecule is Cc1nc(N(C)C(=O)CCc2cccs2)sc1C. The minimum atomic E-state index is 0.122. The summed E-state index contributed by atoms with van der Waals surface area (Å²) in [7, 11) is 1.80. The Labute approximate surface area is 115 Å². The fourth-order valence-electron chi connectivity index (χ4n) is 1.56. The van der Waals surface area contributed by atoms with Crippen LogP contribution in [0.25, 0.3) is 0 Å². The van der Waals surface area contributed by atoms with Crippen LogP contribution < -0.4 is 4.90 Å². The molecule has 0 unspecified atom stereocenters. The number of carbonyl (C=O) groups is 1. The van der Waals surface area contributed by atoms with Gasteiger partial charge in [-0.1, -0.05) is 6.07 Å². The lowest BCUT2D eigenvalue weighted by molar-refractivity contribution is -0.118. The summed E-state index contributed by atoms with van der Waals surface area (Å²) in [5, 5.41) is 2.83. The summed E-state index contributed by atoms with van der Waals surface area (Å²) in [6.45, 7) is 4.00. The molecular weight excluding hydrogens is 264 g/mol. The molecule has 0 bridgehead atoms. The smallest absolute Gasteiger partial charge is 0.228 e. The third-order valence-electron chi connectivity index (χ3n) is 2.84. The van der Waals surface area contributed by atoms with Crippen LogP contribution in [0, 0.1) is 13.8 Å². The molecule has 0 radical (unpaired) electrons. The number of hydrogen-bond donors (Lipinski definition) is 0. The fourth-order valence-corrected chi connectivity index (χ4v) is 3.16. The van der Waals surface area contributed by atoms with E-state index in [4.69, 9.17) is 0 Å². The van der Waals surface area contributed by atoms with Crippen LogP contribution in [0.4, 0.5) is 5.13 Å². The molecule has 18 heavy (non-hydrogen) atoms. The summed E-state index contributed by atoms with van der Waals surface area (Å²) in [6.07, 6.45) is 1.35. The Kier molecular flexibility index (Phi) is 4.14. The Balaban J connectivity index is 1.96. The minimum absolute atomic E-state index is 0.122. The van der Waals surface area contributed by atoms with Crippen LogP contribution in [-0.2, 0) is 11.2 Å². The highest BCUT2D eigenvalue weighted by Crippen LogP contribution is 2.24. The molecule has 2 aromatic rings. The molecule has 0 aliphatic rings. The summed E-state index contributed by atoms with van der Waals surface area (Å²) in [4.78, 5) is 20.5. The zero-order valence-corrected chi connectivity index (χ0v) is 12.4. The van der Waals surface area contributed by atoms with Gasteiger partial charge in [-0.2, -0.15) is 0 Å². The van der Waals surface area contributed by atoms with Crippen LogP contribution in [0.3, 0.4) is 0 Å². The van der Waals surface area contributed by atoms with E-state index in [2.05, 4.69) is 11.1 Å². The Bertz CT molecular complexity index is 512. The summed E-state index contributed by atoms with van der Waals surface area (Å²) in [5.41, 5.74) is 1.01. The second-order valence-electron chi connectivity index (χ2n) is 4.17. The van der Waals surface area contributed by atoms with Gasteiger partial charge in [-0.25, -0.2) is 4.98 Å². The lowest BCUT2D eigenvalue weighted by Gasteiger charge is -2.13. The molecule has 2 rings (SSSR count). The van der Waals surface area contributed by atoms with Gasteiger partial charge in [0, 0.05) is 23.2 Å². The molecule has 3 nitrogen and oxygen atoms in total. The van der Waals surface area contributed by atoms with Gasteiger partial charge < -0.3 is 0 Å². The molecule has 1 amide bonds. The van der Waals surface area contributed by atoms with Gasteiger partial charge in [0.2, 0.25) is 5.91 Å². The number of carbonyl (C=O) groups excluding carboxylic acids is 1. The molecule has 0 saturated heterocycles. The van der Waals surface area contributed by atoms with Crippen LogP contribution >= 0.6 is 22.7 Å². The monoisotopic (exact) mass is 280 g/mol. The van der Waals surface area contributed by atoms with Crippen LogP contribution in [-0.4, -0.2) is 17.9 Å². The maximum atomic E-state index is 12.1. The van der Waals surface area contributed by atoms with Crippen molar-refractivity contribution in [2.75, 3.05) is 11.9 Å². The average Bonchev–Trinajstić information content (AvgIpc) is 2.96. The number of aromatic nitrogens is 1. The van der Waals surface area contributed by atoms with E-state index in [1.807, 2.05) is 25.3 Å². The van der Waals surface area contributed by atoms with Gasteiger partial charge in [0.15, 0.2) is 5.13 Å². The predicted molar refractivity (Wildman–Crippen MR) is 77.6 cm³/mol. The topological polar surface area (TPSA) is 33.2 Å². The van der Waals surface area contributed by atoms with Crippen molar-refractivity contribution < 1.29 is 4.79 Å². The first-order valence-corrected chi connectivity index (χ1v) is 7.50. The van der Waals surface area contributed by atoms with Gasteiger partial charge in [0.1, 0.15) is 0 Å². The molecule has 2 aromatic heterocycles. The lowest BCUT2D eigenvalue weighted by atomic mass is 10.2. The zero-order valence-electron chi connectivity index (χ0n) is 10.8. The van der Waals surface area contributed by atoms with Crippen molar-refractivity contribution in [1.82, 2.24) is 4.98 Å². The Morgan fingerprint density at radius 1 is 1.44 bits per heavy atom. The third kappa shape index (κ3) is 2.97. The highest BCUT2D eigenvalue weighted by molar-refractivity contribution is 7.15. The predicted octanol–water partition coefficient (Wildman–Crippen LogP) is 3.42. The van der Waals surface area contributed by atoms with Crippen molar-refractivity contribution in [3.63, 3.8) is 0 Å². The molecule has 0 aliphatic carbocycles. The number of thiophene rings is 1. The minimum Gasteiger partial charge on any atom is -0.291 e. The number of nitrogens with zero attached hydrogens (tertiary/aromatic N) is 2. The van der Waals surface area contributed by atoms with E-state index < -0.39 is 0 Å². The molecule has 0 N–H and O–H groups in total. The highest BCUT2D eigenvalue weighted by Gasteiger charge is 2.15. The molecule has 2 heterocycles. The Morgan fingerprint density at radius 3 is 2.78 bits per heavy atom. The van der Waals surface area contributed by atoms with Crippen LogP contribution in [0.2, 0.25) is 0 Å². The van der Waals surface area contributed by atoms with Gasteiger partial charge >= 0.3 is 0 Å². The van der Waals surface area contributed by atoms with Crippen molar-refractivity contribution in [1.29, 1.82) is 0 Å². The first kappa shape index (κ1) is 13.2. The first-order valence-electron chi connectivity index (χ1n) is 5.81. The number of hydrogen-bond acceptors (Lipinski definition) is 4.